The highest BCUT2D eigenvalue weighted by Gasteiger charge is 2.34. The molecule has 30 heavy (non-hydrogen) atoms. The molecule has 1 amide bonds. The SMILES string of the molecule is CCOc1cc(/C=C/C(=O)NCC2(c3ccc(F)cc3)CCOCC2)ccc1OC. The van der Waals surface area contributed by atoms with Crippen LogP contribution in [-0.4, -0.2) is 39.4 Å². The van der Waals surface area contributed by atoms with E-state index >= 15 is 0 Å². The van der Waals surface area contributed by atoms with E-state index in [0.717, 1.165) is 24.0 Å². The van der Waals surface area contributed by atoms with Gasteiger partial charge in [-0.2, -0.15) is 0 Å². The molecule has 0 spiro atoms. The van der Waals surface area contributed by atoms with Crippen LogP contribution in [0.2, 0.25) is 0 Å². The Bertz CT molecular complexity index is 873. The van der Waals surface area contributed by atoms with Crippen molar-refractivity contribution in [1.82, 2.24) is 5.32 Å². The highest BCUT2D eigenvalue weighted by Crippen LogP contribution is 2.34. The zero-order valence-corrected chi connectivity index (χ0v) is 17.4. The molecule has 0 unspecified atom stereocenters. The van der Waals surface area contributed by atoms with Crippen molar-refractivity contribution in [3.05, 3.63) is 65.5 Å². The van der Waals surface area contributed by atoms with Crippen molar-refractivity contribution in [3.63, 3.8) is 0 Å². The number of ether oxygens (including phenoxy) is 3. The monoisotopic (exact) mass is 413 g/mol. The van der Waals surface area contributed by atoms with Crippen LogP contribution in [-0.2, 0) is 14.9 Å². The van der Waals surface area contributed by atoms with Gasteiger partial charge >= 0.3 is 0 Å². The quantitative estimate of drug-likeness (QED) is 0.662. The summed E-state index contributed by atoms with van der Waals surface area (Å²) >= 11 is 0. The Hall–Kier alpha value is -2.86. The predicted molar refractivity (Wildman–Crippen MR) is 114 cm³/mol. The molecule has 1 aliphatic rings. The standard InChI is InChI=1S/C24H28FNO4/c1-3-30-22-16-18(4-10-21(22)28-2)5-11-23(27)26-17-24(12-14-29-15-13-24)19-6-8-20(25)9-7-19/h4-11,16H,3,12-15,17H2,1-2H3,(H,26,27)/b11-5+. The number of benzene rings is 2. The molecule has 0 aromatic heterocycles. The van der Waals surface area contributed by atoms with Crippen LogP contribution in [0.25, 0.3) is 6.08 Å². The predicted octanol–water partition coefficient (Wildman–Crippen LogP) is 4.11. The molecular weight excluding hydrogens is 385 g/mol. The van der Waals surface area contributed by atoms with E-state index in [1.165, 1.54) is 18.2 Å². The molecule has 6 heteroatoms. The molecule has 3 rings (SSSR count). The lowest BCUT2D eigenvalue weighted by Gasteiger charge is -2.37. The van der Waals surface area contributed by atoms with Crippen LogP contribution in [0, 0.1) is 5.82 Å². The summed E-state index contributed by atoms with van der Waals surface area (Å²) in [5, 5.41) is 3.01. The third kappa shape index (κ3) is 5.39. The summed E-state index contributed by atoms with van der Waals surface area (Å²) in [6.45, 7) is 4.14. The lowest BCUT2D eigenvalue weighted by atomic mass is 9.74. The number of methoxy groups -OCH3 is 1. The van der Waals surface area contributed by atoms with Gasteiger partial charge in [-0.05, 0) is 61.2 Å². The Morgan fingerprint density at radius 1 is 1.17 bits per heavy atom. The van der Waals surface area contributed by atoms with Crippen LogP contribution in [0.3, 0.4) is 0 Å². The highest BCUT2D eigenvalue weighted by atomic mass is 19.1. The van der Waals surface area contributed by atoms with Crippen molar-refractivity contribution < 1.29 is 23.4 Å². The first-order valence-corrected chi connectivity index (χ1v) is 10.2. The molecule has 0 atom stereocenters. The van der Waals surface area contributed by atoms with Gasteiger partial charge in [0.05, 0.1) is 13.7 Å². The minimum atomic E-state index is -0.265. The van der Waals surface area contributed by atoms with Crippen LogP contribution in [0.4, 0.5) is 4.39 Å². The van der Waals surface area contributed by atoms with Gasteiger partial charge in [0.2, 0.25) is 5.91 Å². The third-order valence-electron chi connectivity index (χ3n) is 5.42. The zero-order valence-electron chi connectivity index (χ0n) is 17.4. The molecule has 2 aromatic rings. The lowest BCUT2D eigenvalue weighted by Crippen LogP contribution is -2.44. The Kier molecular flexibility index (Phi) is 7.46. The van der Waals surface area contributed by atoms with E-state index in [-0.39, 0.29) is 17.1 Å². The van der Waals surface area contributed by atoms with Gasteiger partial charge in [0.25, 0.3) is 0 Å². The number of rotatable bonds is 8. The van der Waals surface area contributed by atoms with Crippen LogP contribution < -0.4 is 14.8 Å². The lowest BCUT2D eigenvalue weighted by molar-refractivity contribution is -0.116. The van der Waals surface area contributed by atoms with E-state index in [2.05, 4.69) is 5.32 Å². The van der Waals surface area contributed by atoms with Gasteiger partial charge < -0.3 is 19.5 Å². The maximum absolute atomic E-state index is 13.4. The number of halogens is 1. The Morgan fingerprint density at radius 3 is 2.57 bits per heavy atom. The molecular formula is C24H28FNO4. The first kappa shape index (κ1) is 21.8. The summed E-state index contributed by atoms with van der Waals surface area (Å²) in [5.41, 5.74) is 1.61. The molecule has 2 aromatic carbocycles. The second kappa shape index (κ2) is 10.3. The fourth-order valence-corrected chi connectivity index (χ4v) is 3.69. The number of amides is 1. The molecule has 1 heterocycles. The molecule has 0 aliphatic carbocycles. The van der Waals surface area contributed by atoms with Gasteiger partial charge in [-0.1, -0.05) is 18.2 Å². The van der Waals surface area contributed by atoms with Crippen LogP contribution in [0.1, 0.15) is 30.9 Å². The number of carbonyl (C=O) groups is 1. The Balaban J connectivity index is 1.67. The van der Waals surface area contributed by atoms with E-state index < -0.39 is 0 Å². The van der Waals surface area contributed by atoms with Gasteiger partial charge in [-0.3, -0.25) is 4.79 Å². The van der Waals surface area contributed by atoms with Crippen LogP contribution in [0.15, 0.2) is 48.5 Å². The number of carbonyl (C=O) groups excluding carboxylic acids is 1. The summed E-state index contributed by atoms with van der Waals surface area (Å²) in [7, 11) is 1.59. The van der Waals surface area contributed by atoms with Gasteiger partial charge in [0, 0.05) is 31.2 Å². The molecule has 0 saturated carbocycles. The third-order valence-corrected chi connectivity index (χ3v) is 5.42. The number of hydrogen-bond donors (Lipinski definition) is 1. The average Bonchev–Trinajstić information content (AvgIpc) is 2.78. The molecule has 1 saturated heterocycles. The van der Waals surface area contributed by atoms with E-state index in [9.17, 15) is 9.18 Å². The van der Waals surface area contributed by atoms with E-state index in [4.69, 9.17) is 14.2 Å². The zero-order chi connectivity index (χ0) is 21.4. The van der Waals surface area contributed by atoms with Crippen LogP contribution in [0.5, 0.6) is 11.5 Å². The fraction of sp³-hybridized carbons (Fsp3) is 0.375. The Labute approximate surface area is 176 Å². The normalized spacial score (nSPS) is 15.7. The van der Waals surface area contributed by atoms with Crippen molar-refractivity contribution in [2.45, 2.75) is 25.2 Å². The Morgan fingerprint density at radius 2 is 1.90 bits per heavy atom. The molecule has 0 radical (unpaired) electrons. The summed E-state index contributed by atoms with van der Waals surface area (Å²) in [4.78, 5) is 12.5. The molecule has 1 N–H and O–H groups in total. The van der Waals surface area contributed by atoms with Crippen molar-refractivity contribution in [2.24, 2.45) is 0 Å². The average molecular weight is 413 g/mol. The largest absolute Gasteiger partial charge is 0.493 e. The fourth-order valence-electron chi connectivity index (χ4n) is 3.69. The topological polar surface area (TPSA) is 56.8 Å². The first-order valence-electron chi connectivity index (χ1n) is 10.2. The van der Waals surface area contributed by atoms with Crippen molar-refractivity contribution >= 4 is 12.0 Å². The summed E-state index contributed by atoms with van der Waals surface area (Å²) in [6, 6.07) is 12.1. The molecule has 1 fully saturated rings. The smallest absolute Gasteiger partial charge is 0.244 e. The maximum Gasteiger partial charge on any atom is 0.244 e. The van der Waals surface area contributed by atoms with E-state index in [0.29, 0.717) is 37.9 Å². The summed E-state index contributed by atoms with van der Waals surface area (Å²) < 4.78 is 29.7. The molecule has 0 bridgehead atoms. The highest BCUT2D eigenvalue weighted by molar-refractivity contribution is 5.91. The minimum Gasteiger partial charge on any atom is -0.493 e. The summed E-state index contributed by atoms with van der Waals surface area (Å²) in [6.07, 6.45) is 4.80. The summed E-state index contributed by atoms with van der Waals surface area (Å²) in [5.74, 6) is 0.842. The molecule has 5 nitrogen and oxygen atoms in total. The van der Waals surface area contributed by atoms with E-state index in [1.54, 1.807) is 25.3 Å². The van der Waals surface area contributed by atoms with Crippen molar-refractivity contribution in [3.8, 4) is 11.5 Å². The van der Waals surface area contributed by atoms with Gasteiger partial charge in [-0.25, -0.2) is 4.39 Å². The maximum atomic E-state index is 13.4. The molecule has 1 aliphatic heterocycles. The first-order chi connectivity index (χ1) is 14.6. The number of nitrogens with one attached hydrogen (secondary N) is 1. The van der Waals surface area contributed by atoms with Gasteiger partial charge in [0.15, 0.2) is 11.5 Å². The van der Waals surface area contributed by atoms with Crippen LogP contribution >= 0.6 is 0 Å². The van der Waals surface area contributed by atoms with Crippen molar-refractivity contribution in [1.29, 1.82) is 0 Å². The second-order valence-electron chi connectivity index (χ2n) is 7.29. The van der Waals surface area contributed by atoms with Crippen molar-refractivity contribution in [2.75, 3.05) is 33.5 Å². The van der Waals surface area contributed by atoms with Gasteiger partial charge in [-0.15, -0.1) is 0 Å². The number of hydrogen-bond acceptors (Lipinski definition) is 4. The molecule has 160 valence electrons. The second-order valence-corrected chi connectivity index (χ2v) is 7.29. The minimum absolute atomic E-state index is 0.184. The van der Waals surface area contributed by atoms with Gasteiger partial charge in [0.1, 0.15) is 5.82 Å². The van der Waals surface area contributed by atoms with E-state index in [1.807, 2.05) is 25.1 Å².